The quantitative estimate of drug-likeness (QED) is 0.582. The molecule has 0 aliphatic rings. The maximum absolute atomic E-state index is 13.7. The average Bonchev–Trinajstić information content (AvgIpc) is 2.47. The van der Waals surface area contributed by atoms with Gasteiger partial charge in [0.15, 0.2) is 11.6 Å². The van der Waals surface area contributed by atoms with Crippen molar-refractivity contribution in [3.05, 3.63) is 64.2 Å². The highest BCUT2D eigenvalue weighted by atomic mass is 35.5. The normalized spacial score (nSPS) is 9.90. The van der Waals surface area contributed by atoms with Gasteiger partial charge < -0.3 is 4.74 Å². The Morgan fingerprint density at radius 2 is 1.90 bits per heavy atom. The van der Waals surface area contributed by atoms with Crippen LogP contribution in [0.15, 0.2) is 36.4 Å². The zero-order valence-corrected chi connectivity index (χ0v) is 12.3. The van der Waals surface area contributed by atoms with E-state index in [0.717, 1.165) is 0 Å². The van der Waals surface area contributed by atoms with Crippen molar-refractivity contribution in [1.29, 1.82) is 0 Å². The molecule has 21 heavy (non-hydrogen) atoms. The molecule has 0 heterocycles. The molecule has 0 aliphatic heterocycles. The summed E-state index contributed by atoms with van der Waals surface area (Å²) < 4.78 is 32.6. The van der Waals surface area contributed by atoms with Crippen molar-refractivity contribution < 1.29 is 13.5 Å². The third-order valence-electron chi connectivity index (χ3n) is 2.66. The lowest BCUT2D eigenvalue weighted by molar-refractivity contribution is 0.285. The first-order valence-electron chi connectivity index (χ1n) is 6.02. The van der Waals surface area contributed by atoms with E-state index in [2.05, 4.69) is 11.8 Å². The molecule has 0 saturated carbocycles. The number of hydrogen-bond donors (Lipinski definition) is 0. The maximum atomic E-state index is 13.7. The molecule has 1 nitrogen and oxygen atoms in total. The molecule has 0 saturated heterocycles. The molecule has 0 amide bonds. The monoisotopic (exact) mass is 326 g/mol. The lowest BCUT2D eigenvalue weighted by atomic mass is 10.2. The van der Waals surface area contributed by atoms with E-state index in [1.165, 1.54) is 30.3 Å². The summed E-state index contributed by atoms with van der Waals surface area (Å²) in [5.74, 6) is 4.52. The van der Waals surface area contributed by atoms with Crippen LogP contribution in [-0.4, -0.2) is 5.88 Å². The SMILES string of the molecule is Fc1ccc(C#CCCl)cc1OCc1c(F)cccc1Cl. The first kappa shape index (κ1) is 15.6. The number of hydrogen-bond acceptors (Lipinski definition) is 1. The average molecular weight is 327 g/mol. The third kappa shape index (κ3) is 4.10. The van der Waals surface area contributed by atoms with E-state index in [1.54, 1.807) is 6.07 Å². The van der Waals surface area contributed by atoms with Gasteiger partial charge in [-0.3, -0.25) is 0 Å². The van der Waals surface area contributed by atoms with Crippen LogP contribution in [0.5, 0.6) is 5.75 Å². The fraction of sp³-hybridized carbons (Fsp3) is 0.125. The zero-order valence-electron chi connectivity index (χ0n) is 10.8. The predicted molar refractivity (Wildman–Crippen MR) is 79.7 cm³/mol. The molecular weight excluding hydrogens is 317 g/mol. The van der Waals surface area contributed by atoms with E-state index >= 15 is 0 Å². The van der Waals surface area contributed by atoms with Gasteiger partial charge in [0.2, 0.25) is 0 Å². The van der Waals surface area contributed by atoms with Crippen molar-refractivity contribution in [2.75, 3.05) is 5.88 Å². The molecule has 0 aliphatic carbocycles. The summed E-state index contributed by atoms with van der Waals surface area (Å²) in [6.45, 7) is -0.172. The molecule has 0 aromatic heterocycles. The number of benzene rings is 2. The molecule has 2 aromatic rings. The van der Waals surface area contributed by atoms with Crippen LogP contribution in [0.2, 0.25) is 5.02 Å². The fourth-order valence-corrected chi connectivity index (χ4v) is 1.93. The van der Waals surface area contributed by atoms with Crippen LogP contribution in [0.3, 0.4) is 0 Å². The van der Waals surface area contributed by atoms with E-state index in [1.807, 2.05) is 0 Å². The minimum absolute atomic E-state index is 0.0179. The van der Waals surface area contributed by atoms with Crippen LogP contribution in [0.25, 0.3) is 0 Å². The first-order valence-corrected chi connectivity index (χ1v) is 6.93. The summed E-state index contributed by atoms with van der Waals surface area (Å²) in [5, 5.41) is 0.230. The summed E-state index contributed by atoms with van der Waals surface area (Å²) in [4.78, 5) is 0. The Morgan fingerprint density at radius 1 is 1.10 bits per heavy atom. The highest BCUT2D eigenvalue weighted by Gasteiger charge is 2.10. The molecular formula is C16H10Cl2F2O. The van der Waals surface area contributed by atoms with E-state index in [4.69, 9.17) is 27.9 Å². The van der Waals surface area contributed by atoms with Crippen LogP contribution < -0.4 is 4.74 Å². The molecule has 108 valence electrons. The summed E-state index contributed by atoms with van der Waals surface area (Å²) in [5.41, 5.74) is 0.738. The standard InChI is InChI=1S/C16H10Cl2F2O/c17-8-2-3-11-6-7-15(20)16(9-11)21-10-12-13(18)4-1-5-14(12)19/h1,4-7,9H,8,10H2. The van der Waals surface area contributed by atoms with Gasteiger partial charge in [0.1, 0.15) is 12.4 Å². The van der Waals surface area contributed by atoms with E-state index in [9.17, 15) is 8.78 Å². The Balaban J connectivity index is 2.20. The van der Waals surface area contributed by atoms with Crippen molar-refractivity contribution in [2.45, 2.75) is 6.61 Å². The Morgan fingerprint density at radius 3 is 2.62 bits per heavy atom. The molecule has 2 rings (SSSR count). The minimum Gasteiger partial charge on any atom is -0.486 e. The van der Waals surface area contributed by atoms with Crippen LogP contribution >= 0.6 is 23.2 Å². The molecule has 0 radical (unpaired) electrons. The first-order chi connectivity index (χ1) is 10.1. The molecule has 0 bridgehead atoms. The number of ether oxygens (including phenoxy) is 1. The number of alkyl halides is 1. The second-order valence-electron chi connectivity index (χ2n) is 4.07. The highest BCUT2D eigenvalue weighted by molar-refractivity contribution is 6.31. The van der Waals surface area contributed by atoms with Crippen LogP contribution in [0.4, 0.5) is 8.78 Å². The van der Waals surface area contributed by atoms with Gasteiger partial charge in [-0.25, -0.2) is 8.78 Å². The van der Waals surface area contributed by atoms with Crippen LogP contribution in [0, 0.1) is 23.5 Å². The van der Waals surface area contributed by atoms with Crippen molar-refractivity contribution in [1.82, 2.24) is 0 Å². The number of halogens is 4. The Labute approximate surface area is 131 Å². The maximum Gasteiger partial charge on any atom is 0.165 e. The topological polar surface area (TPSA) is 9.23 Å². The van der Waals surface area contributed by atoms with E-state index < -0.39 is 11.6 Å². The minimum atomic E-state index is -0.557. The van der Waals surface area contributed by atoms with Gasteiger partial charge in [-0.05, 0) is 30.3 Å². The molecule has 0 unspecified atom stereocenters. The number of rotatable bonds is 3. The van der Waals surface area contributed by atoms with E-state index in [-0.39, 0.29) is 28.8 Å². The van der Waals surface area contributed by atoms with Gasteiger partial charge in [-0.1, -0.05) is 29.5 Å². The molecule has 5 heteroatoms. The molecule has 0 fully saturated rings. The summed E-state index contributed by atoms with van der Waals surface area (Å²) in [6, 6.07) is 8.48. The smallest absolute Gasteiger partial charge is 0.165 e. The largest absolute Gasteiger partial charge is 0.486 e. The van der Waals surface area contributed by atoms with Crippen molar-refractivity contribution in [3.63, 3.8) is 0 Å². The van der Waals surface area contributed by atoms with Gasteiger partial charge in [0.25, 0.3) is 0 Å². The summed E-state index contributed by atoms with van der Waals surface area (Å²) >= 11 is 11.3. The van der Waals surface area contributed by atoms with Gasteiger partial charge in [0.05, 0.1) is 10.9 Å². The Kier molecular flexibility index (Phi) is 5.44. The molecule has 0 atom stereocenters. The highest BCUT2D eigenvalue weighted by Crippen LogP contribution is 2.23. The predicted octanol–water partition coefficient (Wildman–Crippen LogP) is 4.79. The van der Waals surface area contributed by atoms with Gasteiger partial charge in [-0.2, -0.15) is 0 Å². The molecule has 0 N–H and O–H groups in total. The van der Waals surface area contributed by atoms with Crippen LogP contribution in [-0.2, 0) is 6.61 Å². The van der Waals surface area contributed by atoms with Gasteiger partial charge >= 0.3 is 0 Å². The van der Waals surface area contributed by atoms with Crippen molar-refractivity contribution in [2.24, 2.45) is 0 Å². The Hall–Kier alpha value is -1.76. The second-order valence-corrected chi connectivity index (χ2v) is 4.74. The van der Waals surface area contributed by atoms with Gasteiger partial charge in [0, 0.05) is 11.1 Å². The van der Waals surface area contributed by atoms with Gasteiger partial charge in [-0.15, -0.1) is 11.6 Å². The van der Waals surface area contributed by atoms with E-state index in [0.29, 0.717) is 5.56 Å². The fourth-order valence-electron chi connectivity index (χ4n) is 1.65. The molecule has 2 aromatic carbocycles. The lowest BCUT2D eigenvalue weighted by Gasteiger charge is -2.09. The summed E-state index contributed by atoms with van der Waals surface area (Å²) in [6.07, 6.45) is 0. The zero-order chi connectivity index (χ0) is 15.2. The third-order valence-corrected chi connectivity index (χ3v) is 3.15. The Bertz CT molecular complexity index is 685. The van der Waals surface area contributed by atoms with Crippen molar-refractivity contribution in [3.8, 4) is 17.6 Å². The lowest BCUT2D eigenvalue weighted by Crippen LogP contribution is -2.01. The second kappa shape index (κ2) is 7.31. The van der Waals surface area contributed by atoms with Crippen LogP contribution in [0.1, 0.15) is 11.1 Å². The molecule has 0 spiro atoms. The van der Waals surface area contributed by atoms with Crippen molar-refractivity contribution >= 4 is 23.2 Å². The summed E-state index contributed by atoms with van der Waals surface area (Å²) in [7, 11) is 0.